The minimum atomic E-state index is 0.0404. The topological polar surface area (TPSA) is 56.0 Å². The molecule has 0 aliphatic carbocycles. The highest BCUT2D eigenvalue weighted by atomic mass is 16.3. The molecule has 0 fully saturated rings. The summed E-state index contributed by atoms with van der Waals surface area (Å²) >= 11 is 0. The summed E-state index contributed by atoms with van der Waals surface area (Å²) in [6.07, 6.45) is 1.31. The lowest BCUT2D eigenvalue weighted by molar-refractivity contribution is 0.0977. The number of oxazole rings is 1. The summed E-state index contributed by atoms with van der Waals surface area (Å²) in [5, 5.41) is 0. The lowest BCUT2D eigenvalue weighted by Crippen LogP contribution is -2.01. The second-order valence-electron chi connectivity index (χ2n) is 4.58. The van der Waals surface area contributed by atoms with E-state index in [1.54, 1.807) is 12.1 Å². The first-order valence-corrected chi connectivity index (χ1v) is 6.64. The van der Waals surface area contributed by atoms with Crippen LogP contribution in [0.4, 0.5) is 0 Å². The Morgan fingerprint density at radius 1 is 1.10 bits per heavy atom. The van der Waals surface area contributed by atoms with Gasteiger partial charge in [0, 0.05) is 12.0 Å². The molecule has 0 aliphatic rings. The molecule has 0 bridgehead atoms. The van der Waals surface area contributed by atoms with Crippen molar-refractivity contribution in [3.63, 3.8) is 0 Å². The molecule has 0 aliphatic heterocycles. The third-order valence-electron chi connectivity index (χ3n) is 3.04. The molecule has 0 saturated heterocycles. The molecule has 4 heteroatoms. The Morgan fingerprint density at radius 2 is 1.90 bits per heavy atom. The highest BCUT2D eigenvalue weighted by Crippen LogP contribution is 2.23. The fourth-order valence-corrected chi connectivity index (χ4v) is 2.03. The predicted molar refractivity (Wildman–Crippen MR) is 76.5 cm³/mol. The van der Waals surface area contributed by atoms with Gasteiger partial charge in [0.2, 0.25) is 5.89 Å². The van der Waals surface area contributed by atoms with Gasteiger partial charge in [0.1, 0.15) is 5.69 Å². The minimum absolute atomic E-state index is 0.0404. The van der Waals surface area contributed by atoms with E-state index < -0.39 is 0 Å². The van der Waals surface area contributed by atoms with Gasteiger partial charge in [-0.3, -0.25) is 4.79 Å². The number of pyridine rings is 1. The Kier molecular flexibility index (Phi) is 3.29. The highest BCUT2D eigenvalue weighted by molar-refractivity contribution is 5.95. The number of ketones is 1. The van der Waals surface area contributed by atoms with Crippen LogP contribution in [-0.2, 0) is 0 Å². The number of benzene rings is 1. The third kappa shape index (κ3) is 2.32. The van der Waals surface area contributed by atoms with Gasteiger partial charge >= 0.3 is 0 Å². The maximum absolute atomic E-state index is 11.8. The molecule has 0 unspecified atom stereocenters. The van der Waals surface area contributed by atoms with Crippen molar-refractivity contribution >= 4 is 17.0 Å². The molecule has 20 heavy (non-hydrogen) atoms. The zero-order valence-electron chi connectivity index (χ0n) is 11.2. The molecule has 2 heterocycles. The summed E-state index contributed by atoms with van der Waals surface area (Å²) in [5.41, 5.74) is 2.42. The van der Waals surface area contributed by atoms with Crippen molar-refractivity contribution in [1.82, 2.24) is 9.97 Å². The SMILES string of the molecule is CCCC(=O)c1ccc2oc(-c3ccccc3)nc2n1. The highest BCUT2D eigenvalue weighted by Gasteiger charge is 2.12. The summed E-state index contributed by atoms with van der Waals surface area (Å²) in [7, 11) is 0. The van der Waals surface area contributed by atoms with E-state index >= 15 is 0 Å². The van der Waals surface area contributed by atoms with Crippen LogP contribution in [0, 0.1) is 0 Å². The number of Topliss-reactive ketones (excluding diaryl/α,β-unsaturated/α-hetero) is 1. The monoisotopic (exact) mass is 266 g/mol. The Morgan fingerprint density at radius 3 is 2.65 bits per heavy atom. The summed E-state index contributed by atoms with van der Waals surface area (Å²) in [5.74, 6) is 0.562. The smallest absolute Gasteiger partial charge is 0.228 e. The van der Waals surface area contributed by atoms with Crippen molar-refractivity contribution < 1.29 is 9.21 Å². The molecule has 0 atom stereocenters. The zero-order chi connectivity index (χ0) is 13.9. The molecule has 1 aromatic carbocycles. The first-order chi connectivity index (χ1) is 9.78. The second-order valence-corrected chi connectivity index (χ2v) is 4.58. The van der Waals surface area contributed by atoms with Crippen LogP contribution in [0.2, 0.25) is 0 Å². The molecule has 3 aromatic rings. The van der Waals surface area contributed by atoms with E-state index in [-0.39, 0.29) is 5.78 Å². The molecule has 100 valence electrons. The molecule has 0 spiro atoms. The van der Waals surface area contributed by atoms with Crippen LogP contribution < -0.4 is 0 Å². The van der Waals surface area contributed by atoms with Crippen LogP contribution >= 0.6 is 0 Å². The van der Waals surface area contributed by atoms with Crippen molar-refractivity contribution in [1.29, 1.82) is 0 Å². The number of hydrogen-bond donors (Lipinski definition) is 0. The fraction of sp³-hybridized carbons (Fsp3) is 0.188. The first-order valence-electron chi connectivity index (χ1n) is 6.64. The molecule has 2 aromatic heterocycles. The minimum Gasteiger partial charge on any atom is -0.434 e. The van der Waals surface area contributed by atoms with Crippen LogP contribution in [0.15, 0.2) is 46.9 Å². The standard InChI is InChI=1S/C16H14N2O2/c1-2-6-13(19)12-9-10-14-15(17-12)18-16(20-14)11-7-4-3-5-8-11/h3-5,7-10H,2,6H2,1H3. The van der Waals surface area contributed by atoms with Gasteiger partial charge in [-0.15, -0.1) is 0 Å². The van der Waals surface area contributed by atoms with Crippen LogP contribution in [0.1, 0.15) is 30.3 Å². The van der Waals surface area contributed by atoms with Crippen molar-refractivity contribution in [2.24, 2.45) is 0 Å². The van der Waals surface area contributed by atoms with Gasteiger partial charge in [-0.1, -0.05) is 25.1 Å². The molecule has 0 N–H and O–H groups in total. The largest absolute Gasteiger partial charge is 0.434 e. The summed E-state index contributed by atoms with van der Waals surface area (Å²) in [4.78, 5) is 20.5. The van der Waals surface area contributed by atoms with E-state index in [4.69, 9.17) is 4.42 Å². The van der Waals surface area contributed by atoms with E-state index in [0.717, 1.165) is 12.0 Å². The summed E-state index contributed by atoms with van der Waals surface area (Å²) in [6, 6.07) is 13.1. The van der Waals surface area contributed by atoms with Gasteiger partial charge in [-0.25, -0.2) is 4.98 Å². The Hall–Kier alpha value is -2.49. The zero-order valence-corrected chi connectivity index (χ0v) is 11.2. The van der Waals surface area contributed by atoms with Crippen molar-refractivity contribution in [2.75, 3.05) is 0 Å². The average molecular weight is 266 g/mol. The average Bonchev–Trinajstić information content (AvgIpc) is 2.91. The summed E-state index contributed by atoms with van der Waals surface area (Å²) < 4.78 is 5.66. The Bertz CT molecular complexity index is 748. The van der Waals surface area contributed by atoms with Gasteiger partial charge in [0.25, 0.3) is 0 Å². The van der Waals surface area contributed by atoms with Crippen molar-refractivity contribution in [2.45, 2.75) is 19.8 Å². The van der Waals surface area contributed by atoms with E-state index in [1.165, 1.54) is 0 Å². The van der Waals surface area contributed by atoms with Crippen LogP contribution in [-0.4, -0.2) is 15.8 Å². The van der Waals surface area contributed by atoms with Crippen LogP contribution in [0.25, 0.3) is 22.7 Å². The fourth-order valence-electron chi connectivity index (χ4n) is 2.03. The van der Waals surface area contributed by atoms with Gasteiger partial charge in [-0.05, 0) is 30.7 Å². The number of aromatic nitrogens is 2. The molecular formula is C16H14N2O2. The molecule has 0 radical (unpaired) electrons. The number of carbonyl (C=O) groups excluding carboxylic acids is 1. The van der Waals surface area contributed by atoms with E-state index in [2.05, 4.69) is 9.97 Å². The first kappa shape index (κ1) is 12.5. The van der Waals surface area contributed by atoms with Crippen molar-refractivity contribution in [3.05, 3.63) is 48.2 Å². The number of fused-ring (bicyclic) bond motifs is 1. The normalized spacial score (nSPS) is 10.8. The lowest BCUT2D eigenvalue weighted by Gasteiger charge is -1.96. The molecule has 3 rings (SSSR count). The Balaban J connectivity index is 2.02. The quantitative estimate of drug-likeness (QED) is 0.672. The van der Waals surface area contributed by atoms with Gasteiger partial charge in [-0.2, -0.15) is 4.98 Å². The third-order valence-corrected chi connectivity index (χ3v) is 3.04. The van der Waals surface area contributed by atoms with Crippen LogP contribution in [0.5, 0.6) is 0 Å². The van der Waals surface area contributed by atoms with Gasteiger partial charge in [0.05, 0.1) is 0 Å². The number of carbonyl (C=O) groups is 1. The number of hydrogen-bond acceptors (Lipinski definition) is 4. The predicted octanol–water partition coefficient (Wildman–Crippen LogP) is 3.87. The Labute approximate surface area is 116 Å². The van der Waals surface area contributed by atoms with Gasteiger partial charge in [0.15, 0.2) is 17.0 Å². The molecule has 0 saturated carbocycles. The van der Waals surface area contributed by atoms with E-state index in [1.807, 2.05) is 37.3 Å². The molecule has 4 nitrogen and oxygen atoms in total. The van der Waals surface area contributed by atoms with E-state index in [0.29, 0.717) is 29.2 Å². The van der Waals surface area contributed by atoms with Crippen LogP contribution in [0.3, 0.4) is 0 Å². The number of rotatable bonds is 4. The molecular weight excluding hydrogens is 252 g/mol. The van der Waals surface area contributed by atoms with E-state index in [9.17, 15) is 4.79 Å². The summed E-state index contributed by atoms with van der Waals surface area (Å²) in [6.45, 7) is 1.97. The maximum Gasteiger partial charge on any atom is 0.228 e. The number of nitrogens with zero attached hydrogens (tertiary/aromatic N) is 2. The van der Waals surface area contributed by atoms with Crippen molar-refractivity contribution in [3.8, 4) is 11.5 Å². The maximum atomic E-state index is 11.8. The van der Waals surface area contributed by atoms with Gasteiger partial charge < -0.3 is 4.42 Å². The lowest BCUT2D eigenvalue weighted by atomic mass is 10.1. The molecule has 0 amide bonds. The second kappa shape index (κ2) is 5.25.